The second-order valence-corrected chi connectivity index (χ2v) is 3.57. The first-order valence-electron chi connectivity index (χ1n) is 4.79. The molecule has 4 nitrogen and oxygen atoms in total. The van der Waals surface area contributed by atoms with E-state index in [0.29, 0.717) is 11.9 Å². The number of rotatable bonds is 2. The van der Waals surface area contributed by atoms with Gasteiger partial charge < -0.3 is 15.4 Å². The molecule has 0 bridgehead atoms. The minimum absolute atomic E-state index is 0.469. The lowest BCUT2D eigenvalue weighted by molar-refractivity contribution is 0.193. The Kier molecular flexibility index (Phi) is 2.54. The van der Waals surface area contributed by atoms with E-state index in [4.69, 9.17) is 10.5 Å². The Morgan fingerprint density at radius 1 is 1.64 bits per heavy atom. The molecule has 4 heteroatoms. The van der Waals surface area contributed by atoms with Crippen LogP contribution in [0.1, 0.15) is 6.42 Å². The predicted molar refractivity (Wildman–Crippen MR) is 56.3 cm³/mol. The van der Waals surface area contributed by atoms with E-state index >= 15 is 0 Å². The van der Waals surface area contributed by atoms with Gasteiger partial charge in [0.05, 0.1) is 12.6 Å². The Labute approximate surface area is 83.7 Å². The third kappa shape index (κ3) is 1.80. The summed E-state index contributed by atoms with van der Waals surface area (Å²) in [6, 6.07) is 4.32. The van der Waals surface area contributed by atoms with Crippen LogP contribution in [0.15, 0.2) is 18.3 Å². The molecule has 1 unspecified atom stereocenters. The van der Waals surface area contributed by atoms with Crippen LogP contribution in [0.3, 0.4) is 0 Å². The average Bonchev–Trinajstić information content (AvgIpc) is 2.69. The maximum absolute atomic E-state index is 5.63. The lowest BCUT2D eigenvalue weighted by Crippen LogP contribution is -2.31. The highest BCUT2D eigenvalue weighted by Crippen LogP contribution is 2.20. The molecule has 76 valence electrons. The van der Waals surface area contributed by atoms with Crippen LogP contribution < -0.4 is 10.6 Å². The number of anilines is 2. The van der Waals surface area contributed by atoms with Crippen LogP contribution in [0.5, 0.6) is 0 Å². The summed E-state index contributed by atoms with van der Waals surface area (Å²) in [6.45, 7) is 1.66. The molecule has 0 spiro atoms. The van der Waals surface area contributed by atoms with Crippen molar-refractivity contribution in [3.8, 4) is 0 Å². The second kappa shape index (κ2) is 3.84. The topological polar surface area (TPSA) is 51.4 Å². The van der Waals surface area contributed by atoms with Crippen LogP contribution in [-0.2, 0) is 4.74 Å². The summed E-state index contributed by atoms with van der Waals surface area (Å²) in [7, 11) is 2.06. The molecule has 1 saturated heterocycles. The van der Waals surface area contributed by atoms with Crippen molar-refractivity contribution in [1.29, 1.82) is 0 Å². The Balaban J connectivity index is 2.13. The number of hydrogen-bond acceptors (Lipinski definition) is 4. The molecule has 2 heterocycles. The first-order valence-corrected chi connectivity index (χ1v) is 4.79. The maximum atomic E-state index is 5.63. The fraction of sp³-hybridized carbons (Fsp3) is 0.500. The summed E-state index contributed by atoms with van der Waals surface area (Å²) in [5, 5.41) is 0. The summed E-state index contributed by atoms with van der Waals surface area (Å²) in [4.78, 5) is 6.17. The summed E-state index contributed by atoms with van der Waals surface area (Å²) < 4.78 is 5.34. The molecule has 1 fully saturated rings. The van der Waals surface area contributed by atoms with Crippen LogP contribution in [0.2, 0.25) is 0 Å². The molecule has 2 rings (SSSR count). The van der Waals surface area contributed by atoms with Gasteiger partial charge in [0.15, 0.2) is 0 Å². The predicted octanol–water partition coefficient (Wildman–Crippen LogP) is 0.889. The van der Waals surface area contributed by atoms with Gasteiger partial charge in [0.25, 0.3) is 0 Å². The molecule has 0 aliphatic carbocycles. The van der Waals surface area contributed by atoms with Gasteiger partial charge in [0.2, 0.25) is 0 Å². The number of likely N-dealkylation sites (N-methyl/N-ethyl adjacent to an activating group) is 1. The minimum atomic E-state index is 0.469. The summed E-state index contributed by atoms with van der Waals surface area (Å²) in [6.07, 6.45) is 2.82. The first-order chi connectivity index (χ1) is 6.77. The molecule has 0 radical (unpaired) electrons. The third-order valence-corrected chi connectivity index (χ3v) is 2.63. The van der Waals surface area contributed by atoms with Crippen molar-refractivity contribution in [3.63, 3.8) is 0 Å². The zero-order valence-corrected chi connectivity index (χ0v) is 8.31. The normalized spacial score (nSPS) is 21.1. The molecule has 0 amide bonds. The van der Waals surface area contributed by atoms with Crippen molar-refractivity contribution in [2.24, 2.45) is 0 Å². The van der Waals surface area contributed by atoms with Crippen LogP contribution in [0.4, 0.5) is 11.5 Å². The summed E-state index contributed by atoms with van der Waals surface area (Å²) in [5.41, 5.74) is 6.73. The van der Waals surface area contributed by atoms with Gasteiger partial charge in [0, 0.05) is 31.6 Å². The number of ether oxygens (including phenoxy) is 1. The fourth-order valence-electron chi connectivity index (χ4n) is 1.69. The highest BCUT2D eigenvalue weighted by atomic mass is 16.5. The second-order valence-electron chi connectivity index (χ2n) is 3.57. The largest absolute Gasteiger partial charge is 0.384 e. The van der Waals surface area contributed by atoms with Gasteiger partial charge >= 0.3 is 0 Å². The van der Waals surface area contributed by atoms with Gasteiger partial charge in [-0.2, -0.15) is 0 Å². The van der Waals surface area contributed by atoms with E-state index in [-0.39, 0.29) is 0 Å². The molecule has 1 aromatic heterocycles. The van der Waals surface area contributed by atoms with E-state index in [2.05, 4.69) is 16.9 Å². The van der Waals surface area contributed by atoms with Crippen molar-refractivity contribution in [2.75, 3.05) is 30.9 Å². The molecule has 1 aliphatic rings. The number of pyridine rings is 1. The smallest absolute Gasteiger partial charge is 0.125 e. The standard InChI is InChI=1S/C10H15N3O/c1-13(9-3-5-14-7-9)8-2-4-12-10(11)6-8/h2,4,6,9H,3,5,7H2,1H3,(H2,11,12). The lowest BCUT2D eigenvalue weighted by Gasteiger charge is -2.25. The third-order valence-electron chi connectivity index (χ3n) is 2.63. The first kappa shape index (κ1) is 9.27. The monoisotopic (exact) mass is 193 g/mol. The Morgan fingerprint density at radius 3 is 3.14 bits per heavy atom. The molecule has 1 aromatic rings. The number of aromatic nitrogens is 1. The van der Waals surface area contributed by atoms with Crippen LogP contribution in [0, 0.1) is 0 Å². The highest BCUT2D eigenvalue weighted by molar-refractivity contribution is 5.52. The summed E-state index contributed by atoms with van der Waals surface area (Å²) >= 11 is 0. The van der Waals surface area contributed by atoms with Crippen molar-refractivity contribution in [1.82, 2.24) is 4.98 Å². The molecule has 0 saturated carbocycles. The Bertz CT molecular complexity index is 310. The van der Waals surface area contributed by atoms with E-state index in [1.807, 2.05) is 12.1 Å². The molecular weight excluding hydrogens is 178 g/mol. The van der Waals surface area contributed by atoms with Gasteiger partial charge in [0.1, 0.15) is 5.82 Å². The zero-order chi connectivity index (χ0) is 9.97. The molecular formula is C10H15N3O. The van der Waals surface area contributed by atoms with Gasteiger partial charge in [-0.15, -0.1) is 0 Å². The number of nitrogen functional groups attached to an aromatic ring is 1. The van der Waals surface area contributed by atoms with E-state index in [9.17, 15) is 0 Å². The molecule has 1 aliphatic heterocycles. The van der Waals surface area contributed by atoms with Crippen molar-refractivity contribution < 1.29 is 4.74 Å². The van der Waals surface area contributed by atoms with Gasteiger partial charge in [-0.05, 0) is 12.5 Å². The minimum Gasteiger partial charge on any atom is -0.384 e. The van der Waals surface area contributed by atoms with E-state index in [1.54, 1.807) is 6.20 Å². The molecule has 2 N–H and O–H groups in total. The maximum Gasteiger partial charge on any atom is 0.125 e. The van der Waals surface area contributed by atoms with Gasteiger partial charge in [-0.3, -0.25) is 0 Å². The number of nitrogens with two attached hydrogens (primary N) is 1. The fourth-order valence-corrected chi connectivity index (χ4v) is 1.69. The van der Waals surface area contributed by atoms with Crippen LogP contribution >= 0.6 is 0 Å². The SMILES string of the molecule is CN(c1ccnc(N)c1)C1CCOC1. The molecule has 0 aromatic carbocycles. The van der Waals surface area contributed by atoms with Crippen molar-refractivity contribution >= 4 is 11.5 Å². The number of hydrogen-bond donors (Lipinski definition) is 1. The van der Waals surface area contributed by atoms with E-state index in [1.165, 1.54) is 0 Å². The molecule has 1 atom stereocenters. The van der Waals surface area contributed by atoms with Crippen molar-refractivity contribution in [2.45, 2.75) is 12.5 Å². The Hall–Kier alpha value is -1.29. The van der Waals surface area contributed by atoms with Crippen LogP contribution in [-0.4, -0.2) is 31.3 Å². The average molecular weight is 193 g/mol. The Morgan fingerprint density at radius 2 is 2.50 bits per heavy atom. The van der Waals surface area contributed by atoms with Gasteiger partial charge in [-0.25, -0.2) is 4.98 Å². The summed E-state index contributed by atoms with van der Waals surface area (Å²) in [5.74, 6) is 0.563. The number of nitrogens with zero attached hydrogens (tertiary/aromatic N) is 2. The molecule has 14 heavy (non-hydrogen) atoms. The van der Waals surface area contributed by atoms with E-state index < -0.39 is 0 Å². The van der Waals surface area contributed by atoms with Gasteiger partial charge in [-0.1, -0.05) is 0 Å². The lowest BCUT2D eigenvalue weighted by atomic mass is 10.2. The van der Waals surface area contributed by atoms with Crippen molar-refractivity contribution in [3.05, 3.63) is 18.3 Å². The zero-order valence-electron chi connectivity index (χ0n) is 8.31. The highest BCUT2D eigenvalue weighted by Gasteiger charge is 2.20. The van der Waals surface area contributed by atoms with Crippen LogP contribution in [0.25, 0.3) is 0 Å². The van der Waals surface area contributed by atoms with E-state index in [0.717, 1.165) is 25.3 Å². The quantitative estimate of drug-likeness (QED) is 0.757.